The number of hydrogen-bond acceptors (Lipinski definition) is 5. The molecule has 0 aromatic carbocycles. The van der Waals surface area contributed by atoms with E-state index in [1.54, 1.807) is 13.2 Å². The Morgan fingerprint density at radius 1 is 1.55 bits per heavy atom. The Balaban J connectivity index is 0.00000242. The first kappa shape index (κ1) is 18.7. The average Bonchev–Trinajstić information content (AvgIpc) is 2.97. The number of carbonyl (C=O) groups excluding carboxylic acids is 1. The fourth-order valence-corrected chi connectivity index (χ4v) is 2.26. The van der Waals surface area contributed by atoms with E-state index in [-0.39, 0.29) is 18.5 Å². The molecule has 2 atom stereocenters. The smallest absolute Gasteiger partial charge is 0.413 e. The van der Waals surface area contributed by atoms with Gasteiger partial charge in [-0.1, -0.05) is 0 Å². The molecule has 0 spiro atoms. The van der Waals surface area contributed by atoms with Crippen LogP contribution in [0.3, 0.4) is 0 Å². The molecule has 0 bridgehead atoms. The van der Waals surface area contributed by atoms with Gasteiger partial charge < -0.3 is 14.8 Å². The predicted octanol–water partition coefficient (Wildman–Crippen LogP) is 2.03. The van der Waals surface area contributed by atoms with Crippen molar-refractivity contribution >= 4 is 24.3 Å². The zero-order valence-electron chi connectivity index (χ0n) is 13.5. The van der Waals surface area contributed by atoms with Crippen LogP contribution in [0.15, 0.2) is 12.3 Å². The lowest BCUT2D eigenvalue weighted by molar-refractivity contribution is 0.0635. The molecule has 0 saturated carbocycles. The summed E-state index contributed by atoms with van der Waals surface area (Å²) in [6.07, 6.45) is 2.58. The van der Waals surface area contributed by atoms with Crippen LogP contribution in [0.5, 0.6) is 0 Å². The molecule has 1 amide bonds. The number of halogens is 1. The van der Waals surface area contributed by atoms with Crippen LogP contribution in [0.25, 0.3) is 0 Å². The molecule has 7 nitrogen and oxygen atoms in total. The predicted molar refractivity (Wildman–Crippen MR) is 86.5 cm³/mol. The SMILES string of the molecule is CO[C@H]1CN[C@H](Cn2ccc(NC(=O)OC(C)(C)C)n2)C1.Cl. The first-order chi connectivity index (χ1) is 9.85. The van der Waals surface area contributed by atoms with E-state index in [0.717, 1.165) is 19.5 Å². The zero-order chi connectivity index (χ0) is 15.5. The third-order valence-electron chi connectivity index (χ3n) is 3.19. The molecule has 22 heavy (non-hydrogen) atoms. The monoisotopic (exact) mass is 332 g/mol. The quantitative estimate of drug-likeness (QED) is 0.882. The summed E-state index contributed by atoms with van der Waals surface area (Å²) in [6.45, 7) is 7.08. The minimum atomic E-state index is -0.518. The molecule has 0 radical (unpaired) electrons. The fourth-order valence-electron chi connectivity index (χ4n) is 2.26. The van der Waals surface area contributed by atoms with Crippen molar-refractivity contribution in [1.29, 1.82) is 0 Å². The average molecular weight is 333 g/mol. The van der Waals surface area contributed by atoms with E-state index < -0.39 is 11.7 Å². The van der Waals surface area contributed by atoms with Crippen LogP contribution in [0.2, 0.25) is 0 Å². The molecule has 8 heteroatoms. The molecule has 0 aliphatic carbocycles. The lowest BCUT2D eigenvalue weighted by atomic mass is 10.2. The summed E-state index contributed by atoms with van der Waals surface area (Å²) in [5.41, 5.74) is -0.518. The van der Waals surface area contributed by atoms with Gasteiger partial charge in [-0.15, -0.1) is 12.4 Å². The molecule has 1 saturated heterocycles. The van der Waals surface area contributed by atoms with E-state index in [1.165, 1.54) is 0 Å². The van der Waals surface area contributed by atoms with E-state index in [9.17, 15) is 4.79 Å². The van der Waals surface area contributed by atoms with Crippen LogP contribution in [0.4, 0.5) is 10.6 Å². The molecular formula is C14H25ClN4O3. The van der Waals surface area contributed by atoms with Crippen molar-refractivity contribution in [2.24, 2.45) is 0 Å². The normalized spacial score (nSPS) is 21.3. The molecule has 126 valence electrons. The molecule has 2 N–H and O–H groups in total. The van der Waals surface area contributed by atoms with Gasteiger partial charge in [0.1, 0.15) is 5.60 Å². The minimum Gasteiger partial charge on any atom is -0.444 e. The van der Waals surface area contributed by atoms with Gasteiger partial charge in [-0.2, -0.15) is 5.10 Å². The van der Waals surface area contributed by atoms with Crippen molar-refractivity contribution in [3.63, 3.8) is 0 Å². The molecule has 1 aliphatic rings. The number of amides is 1. The van der Waals surface area contributed by atoms with Crippen molar-refractivity contribution in [2.75, 3.05) is 19.0 Å². The molecule has 0 unspecified atom stereocenters. The number of methoxy groups -OCH3 is 1. The third-order valence-corrected chi connectivity index (χ3v) is 3.19. The van der Waals surface area contributed by atoms with Gasteiger partial charge in [-0.3, -0.25) is 10.00 Å². The summed E-state index contributed by atoms with van der Waals surface area (Å²) in [5, 5.41) is 10.3. The van der Waals surface area contributed by atoms with Crippen LogP contribution < -0.4 is 10.6 Å². The van der Waals surface area contributed by atoms with Crippen molar-refractivity contribution in [2.45, 2.75) is 51.5 Å². The van der Waals surface area contributed by atoms with E-state index >= 15 is 0 Å². The Labute approximate surface area is 137 Å². The number of nitrogens with one attached hydrogen (secondary N) is 2. The highest BCUT2D eigenvalue weighted by atomic mass is 35.5. The van der Waals surface area contributed by atoms with Gasteiger partial charge in [0.25, 0.3) is 0 Å². The first-order valence-electron chi connectivity index (χ1n) is 7.15. The second kappa shape index (κ2) is 7.80. The van der Waals surface area contributed by atoms with Gasteiger partial charge >= 0.3 is 6.09 Å². The summed E-state index contributed by atoms with van der Waals surface area (Å²) in [4.78, 5) is 11.7. The van der Waals surface area contributed by atoms with Crippen LogP contribution >= 0.6 is 12.4 Å². The zero-order valence-corrected chi connectivity index (χ0v) is 14.3. The standard InChI is InChI=1S/C14H24N4O3.ClH/c1-14(2,3)21-13(19)16-12-5-6-18(17-12)9-10-7-11(20-4)8-15-10;/h5-6,10-11,15H,7-9H2,1-4H3,(H,16,17,19);1H/t10-,11+;/m0./s1. The van der Waals surface area contributed by atoms with Crippen molar-refractivity contribution in [3.8, 4) is 0 Å². The molecular weight excluding hydrogens is 308 g/mol. The van der Waals surface area contributed by atoms with Gasteiger partial charge in [0.2, 0.25) is 0 Å². The van der Waals surface area contributed by atoms with Gasteiger partial charge in [0.05, 0.1) is 12.6 Å². The maximum Gasteiger partial charge on any atom is 0.413 e. The Morgan fingerprint density at radius 3 is 2.86 bits per heavy atom. The van der Waals surface area contributed by atoms with E-state index in [0.29, 0.717) is 11.9 Å². The number of carbonyl (C=O) groups is 1. The minimum absolute atomic E-state index is 0. The Bertz CT molecular complexity index is 487. The van der Waals surface area contributed by atoms with Crippen molar-refractivity contribution in [1.82, 2.24) is 15.1 Å². The van der Waals surface area contributed by atoms with Crippen LogP contribution in [0.1, 0.15) is 27.2 Å². The van der Waals surface area contributed by atoms with Gasteiger partial charge in [0, 0.05) is 32.0 Å². The summed E-state index contributed by atoms with van der Waals surface area (Å²) in [6, 6.07) is 2.09. The maximum atomic E-state index is 11.7. The molecule has 1 fully saturated rings. The number of hydrogen-bond donors (Lipinski definition) is 2. The summed E-state index contributed by atoms with van der Waals surface area (Å²) in [5.74, 6) is 0.491. The number of nitrogens with zero attached hydrogens (tertiary/aromatic N) is 2. The van der Waals surface area contributed by atoms with E-state index in [2.05, 4.69) is 15.7 Å². The molecule has 1 aliphatic heterocycles. The van der Waals surface area contributed by atoms with Gasteiger partial charge in [-0.05, 0) is 27.2 Å². The molecule has 2 heterocycles. The van der Waals surface area contributed by atoms with Gasteiger partial charge in [0.15, 0.2) is 5.82 Å². The van der Waals surface area contributed by atoms with E-state index in [1.807, 2.05) is 31.6 Å². The second-order valence-electron chi connectivity index (χ2n) is 6.25. The molecule has 1 aromatic rings. The Hall–Kier alpha value is -1.31. The molecule has 2 rings (SSSR count). The fraction of sp³-hybridized carbons (Fsp3) is 0.714. The van der Waals surface area contributed by atoms with E-state index in [4.69, 9.17) is 9.47 Å². The van der Waals surface area contributed by atoms with Crippen LogP contribution in [0, 0.1) is 0 Å². The summed E-state index contributed by atoms with van der Waals surface area (Å²) < 4.78 is 12.3. The third kappa shape index (κ3) is 5.82. The second-order valence-corrected chi connectivity index (χ2v) is 6.25. The Morgan fingerprint density at radius 2 is 2.27 bits per heavy atom. The lowest BCUT2D eigenvalue weighted by Gasteiger charge is -2.19. The van der Waals surface area contributed by atoms with Crippen LogP contribution in [-0.2, 0) is 16.0 Å². The topological polar surface area (TPSA) is 77.4 Å². The first-order valence-corrected chi connectivity index (χ1v) is 7.15. The number of aromatic nitrogens is 2. The number of rotatable bonds is 4. The van der Waals surface area contributed by atoms with Crippen molar-refractivity contribution in [3.05, 3.63) is 12.3 Å². The van der Waals surface area contributed by atoms with Crippen LogP contribution in [-0.4, -0.2) is 47.3 Å². The largest absolute Gasteiger partial charge is 0.444 e. The summed E-state index contributed by atoms with van der Waals surface area (Å²) >= 11 is 0. The number of anilines is 1. The van der Waals surface area contributed by atoms with Crippen molar-refractivity contribution < 1.29 is 14.3 Å². The highest BCUT2D eigenvalue weighted by molar-refractivity contribution is 5.85. The lowest BCUT2D eigenvalue weighted by Crippen LogP contribution is -2.28. The molecule has 1 aromatic heterocycles. The highest BCUT2D eigenvalue weighted by Gasteiger charge is 2.24. The van der Waals surface area contributed by atoms with Gasteiger partial charge in [-0.25, -0.2) is 4.79 Å². The number of ether oxygens (including phenoxy) is 2. The highest BCUT2D eigenvalue weighted by Crippen LogP contribution is 2.13. The Kier molecular flexibility index (Phi) is 6.65. The summed E-state index contributed by atoms with van der Waals surface area (Å²) in [7, 11) is 1.73. The maximum absolute atomic E-state index is 11.7.